The number of nitrogens with zero attached hydrogens (tertiary/aromatic N) is 1. The van der Waals surface area contributed by atoms with Gasteiger partial charge in [0.15, 0.2) is 0 Å². The second-order valence-corrected chi connectivity index (χ2v) is 7.18. The van der Waals surface area contributed by atoms with Crippen LogP contribution in [0.4, 0.5) is 0 Å². The molecule has 21 heavy (non-hydrogen) atoms. The van der Waals surface area contributed by atoms with Crippen molar-refractivity contribution in [2.75, 3.05) is 13.1 Å². The van der Waals surface area contributed by atoms with Crippen LogP contribution in [-0.2, 0) is 6.42 Å². The van der Waals surface area contributed by atoms with Crippen molar-refractivity contribution in [2.45, 2.75) is 69.5 Å². The molecule has 3 aliphatic rings. The van der Waals surface area contributed by atoms with Gasteiger partial charge in [-0.1, -0.05) is 30.7 Å². The minimum Gasteiger partial charge on any atom is -0.313 e. The number of nitrogens with one attached hydrogen (secondary N) is 1. The number of aryl methyl sites for hydroxylation is 1. The fourth-order valence-corrected chi connectivity index (χ4v) is 4.34. The zero-order valence-corrected chi connectivity index (χ0v) is 13.1. The minimum absolute atomic E-state index is 0.686. The molecule has 1 aromatic carbocycles. The Hall–Kier alpha value is -0.860. The highest BCUT2D eigenvalue weighted by Crippen LogP contribution is 2.40. The average Bonchev–Trinajstić information content (AvgIpc) is 3.38. The van der Waals surface area contributed by atoms with Crippen LogP contribution in [0, 0.1) is 0 Å². The molecule has 114 valence electrons. The molecule has 4 rings (SSSR count). The van der Waals surface area contributed by atoms with Crippen molar-refractivity contribution in [1.29, 1.82) is 0 Å². The van der Waals surface area contributed by atoms with E-state index in [9.17, 15) is 0 Å². The van der Waals surface area contributed by atoms with Gasteiger partial charge in [0.1, 0.15) is 0 Å². The molecular formula is C19H28N2. The third-order valence-corrected chi connectivity index (χ3v) is 5.60. The predicted octanol–water partition coefficient (Wildman–Crippen LogP) is 3.67. The summed E-state index contributed by atoms with van der Waals surface area (Å²) in [6.45, 7) is 2.49. The maximum absolute atomic E-state index is 3.75. The quantitative estimate of drug-likeness (QED) is 0.907. The van der Waals surface area contributed by atoms with Crippen LogP contribution in [0.3, 0.4) is 0 Å². The molecule has 1 saturated carbocycles. The van der Waals surface area contributed by atoms with Gasteiger partial charge in [-0.25, -0.2) is 0 Å². The van der Waals surface area contributed by atoms with Crippen LogP contribution in [-0.4, -0.2) is 30.1 Å². The van der Waals surface area contributed by atoms with Gasteiger partial charge in [-0.3, -0.25) is 4.90 Å². The highest BCUT2D eigenvalue weighted by Gasteiger charge is 2.37. The van der Waals surface area contributed by atoms with E-state index in [0.29, 0.717) is 6.04 Å². The molecule has 2 aliphatic carbocycles. The van der Waals surface area contributed by atoms with Crippen LogP contribution in [0.15, 0.2) is 24.3 Å². The van der Waals surface area contributed by atoms with Gasteiger partial charge >= 0.3 is 0 Å². The summed E-state index contributed by atoms with van der Waals surface area (Å²) in [5, 5.41) is 3.75. The third-order valence-electron chi connectivity index (χ3n) is 5.60. The molecule has 1 N–H and O–H groups in total. The van der Waals surface area contributed by atoms with Crippen molar-refractivity contribution in [2.24, 2.45) is 0 Å². The van der Waals surface area contributed by atoms with E-state index < -0.39 is 0 Å². The first-order valence-electron chi connectivity index (χ1n) is 8.99. The molecular weight excluding hydrogens is 256 g/mol. The first-order valence-corrected chi connectivity index (χ1v) is 8.99. The fraction of sp³-hybridized carbons (Fsp3) is 0.684. The Morgan fingerprint density at radius 2 is 1.90 bits per heavy atom. The lowest BCUT2D eigenvalue weighted by Gasteiger charge is -2.39. The van der Waals surface area contributed by atoms with Crippen LogP contribution in [0.1, 0.15) is 62.1 Å². The molecule has 1 saturated heterocycles. The Bertz CT molecular complexity index is 474. The van der Waals surface area contributed by atoms with Gasteiger partial charge in [0.25, 0.3) is 0 Å². The van der Waals surface area contributed by atoms with Crippen LogP contribution < -0.4 is 5.32 Å². The van der Waals surface area contributed by atoms with Crippen LogP contribution in [0.2, 0.25) is 0 Å². The Morgan fingerprint density at radius 1 is 1.00 bits per heavy atom. The van der Waals surface area contributed by atoms with E-state index in [0.717, 1.165) is 12.1 Å². The molecule has 0 radical (unpaired) electrons. The predicted molar refractivity (Wildman–Crippen MR) is 87.5 cm³/mol. The minimum atomic E-state index is 0.686. The van der Waals surface area contributed by atoms with Crippen molar-refractivity contribution in [1.82, 2.24) is 10.2 Å². The standard InChI is InChI=1S/C19H28N2/c1-2-9-18-15(6-1)7-5-10-19(18)21(17-11-12-17)14-16-8-3-4-13-20-16/h1-2,6,9,16-17,19-20H,3-5,7-8,10-14H2. The summed E-state index contributed by atoms with van der Waals surface area (Å²) in [4.78, 5) is 2.86. The van der Waals surface area contributed by atoms with Gasteiger partial charge in [-0.05, 0) is 62.6 Å². The van der Waals surface area contributed by atoms with Crippen molar-refractivity contribution in [3.63, 3.8) is 0 Å². The molecule has 0 bridgehead atoms. The van der Waals surface area contributed by atoms with Gasteiger partial charge in [-0.2, -0.15) is 0 Å². The Morgan fingerprint density at radius 3 is 2.71 bits per heavy atom. The number of benzene rings is 1. The molecule has 0 spiro atoms. The first-order chi connectivity index (χ1) is 10.4. The van der Waals surface area contributed by atoms with E-state index in [1.165, 1.54) is 64.5 Å². The number of fused-ring (bicyclic) bond motifs is 1. The van der Waals surface area contributed by atoms with Gasteiger partial charge in [0, 0.05) is 24.7 Å². The van der Waals surface area contributed by atoms with Crippen molar-refractivity contribution in [3.8, 4) is 0 Å². The molecule has 2 unspecified atom stereocenters. The zero-order chi connectivity index (χ0) is 14.1. The number of piperidine rings is 1. The highest BCUT2D eigenvalue weighted by atomic mass is 15.2. The molecule has 1 heterocycles. The molecule has 0 aromatic heterocycles. The molecule has 2 heteroatoms. The van der Waals surface area contributed by atoms with Gasteiger partial charge < -0.3 is 5.32 Å². The summed E-state index contributed by atoms with van der Waals surface area (Å²) in [5.41, 5.74) is 3.24. The third kappa shape index (κ3) is 3.02. The Balaban J connectivity index is 1.54. The second-order valence-electron chi connectivity index (χ2n) is 7.18. The second kappa shape index (κ2) is 6.10. The normalized spacial score (nSPS) is 29.4. The van der Waals surface area contributed by atoms with E-state index in [2.05, 4.69) is 34.5 Å². The van der Waals surface area contributed by atoms with Gasteiger partial charge in [0.05, 0.1) is 0 Å². The van der Waals surface area contributed by atoms with Crippen molar-refractivity contribution >= 4 is 0 Å². The van der Waals surface area contributed by atoms with E-state index in [1.807, 2.05) is 0 Å². The molecule has 1 aromatic rings. The summed E-state index contributed by atoms with van der Waals surface area (Å²) in [7, 11) is 0. The number of hydrogen-bond acceptors (Lipinski definition) is 2. The average molecular weight is 284 g/mol. The lowest BCUT2D eigenvalue weighted by atomic mass is 9.86. The maximum atomic E-state index is 3.75. The van der Waals surface area contributed by atoms with Gasteiger partial charge in [0.2, 0.25) is 0 Å². The fourth-order valence-electron chi connectivity index (χ4n) is 4.34. The highest BCUT2D eigenvalue weighted by molar-refractivity contribution is 5.32. The first kappa shape index (κ1) is 13.8. The van der Waals surface area contributed by atoms with Crippen LogP contribution in [0.5, 0.6) is 0 Å². The lowest BCUT2D eigenvalue weighted by molar-refractivity contribution is 0.142. The molecule has 2 atom stereocenters. The summed E-state index contributed by atoms with van der Waals surface area (Å²) in [6, 6.07) is 11.5. The summed E-state index contributed by atoms with van der Waals surface area (Å²) in [6.07, 6.45) is 11.0. The number of rotatable bonds is 4. The van der Waals surface area contributed by atoms with E-state index >= 15 is 0 Å². The smallest absolute Gasteiger partial charge is 0.0354 e. The number of hydrogen-bond donors (Lipinski definition) is 1. The van der Waals surface area contributed by atoms with E-state index in [-0.39, 0.29) is 0 Å². The zero-order valence-electron chi connectivity index (χ0n) is 13.1. The van der Waals surface area contributed by atoms with Crippen LogP contribution >= 0.6 is 0 Å². The summed E-state index contributed by atoms with van der Waals surface area (Å²) < 4.78 is 0. The Labute approximate surface area is 128 Å². The van der Waals surface area contributed by atoms with Crippen molar-refractivity contribution < 1.29 is 0 Å². The lowest BCUT2D eigenvalue weighted by Crippen LogP contribution is -2.46. The SMILES string of the molecule is c1ccc2c(c1)CCCC2N(CC1CCCCN1)C1CC1. The topological polar surface area (TPSA) is 15.3 Å². The molecule has 0 amide bonds. The van der Waals surface area contributed by atoms with E-state index in [4.69, 9.17) is 0 Å². The van der Waals surface area contributed by atoms with E-state index in [1.54, 1.807) is 11.1 Å². The molecule has 1 aliphatic heterocycles. The summed E-state index contributed by atoms with van der Waals surface area (Å²) >= 11 is 0. The maximum Gasteiger partial charge on any atom is 0.0354 e. The van der Waals surface area contributed by atoms with Gasteiger partial charge in [-0.15, -0.1) is 0 Å². The molecule has 2 fully saturated rings. The van der Waals surface area contributed by atoms with Crippen molar-refractivity contribution in [3.05, 3.63) is 35.4 Å². The van der Waals surface area contributed by atoms with Crippen LogP contribution in [0.25, 0.3) is 0 Å². The monoisotopic (exact) mass is 284 g/mol. The largest absolute Gasteiger partial charge is 0.313 e. The Kier molecular flexibility index (Phi) is 4.00. The molecule has 2 nitrogen and oxygen atoms in total. The summed E-state index contributed by atoms with van der Waals surface area (Å²) in [5.74, 6) is 0.